The lowest BCUT2D eigenvalue weighted by Gasteiger charge is -2.03. The summed E-state index contributed by atoms with van der Waals surface area (Å²) in [6, 6.07) is 8.76. The van der Waals surface area contributed by atoms with E-state index >= 15 is 0 Å². The van der Waals surface area contributed by atoms with Gasteiger partial charge in [-0.15, -0.1) is 6.58 Å². The quantitative estimate of drug-likeness (QED) is 0.333. The minimum atomic E-state index is 0.593. The lowest BCUT2D eigenvalue weighted by atomic mass is 10.1. The normalized spacial score (nSPS) is 10.7. The van der Waals surface area contributed by atoms with Gasteiger partial charge in [-0.2, -0.15) is 0 Å². The zero-order valence-corrected chi connectivity index (χ0v) is 22.6. The molecule has 0 atom stereocenters. The van der Waals surface area contributed by atoms with Crippen LogP contribution < -0.4 is 5.73 Å². The standard InChI is InChI=1S/C12H19N.C10H14.C5H10.C4H8/c1-6-10(4)8-12(11(5)13)7-9(2)3;1-3-4-10-7-5-9(2)6-8-10;1-4-5(2)3;1-3-4-2/h7-8H,2,5-6,13H2,1,3-4H3;5-8H,3-4H2,1-2H3;2,4H2,1,3H3;3-4H,1-2H3/b10-8+,12-7+;;;4-3-. The minimum Gasteiger partial charge on any atom is -0.399 e. The van der Waals surface area contributed by atoms with Crippen molar-refractivity contribution >= 4 is 0 Å². The first-order valence-electron chi connectivity index (χ1n) is 11.7. The van der Waals surface area contributed by atoms with Gasteiger partial charge in [0, 0.05) is 5.70 Å². The Hall–Kier alpha value is -2.54. The number of aryl methyl sites for hydroxylation is 2. The van der Waals surface area contributed by atoms with E-state index in [1.807, 2.05) is 45.9 Å². The molecule has 0 aromatic heterocycles. The Morgan fingerprint density at radius 1 is 0.844 bits per heavy atom. The molecule has 1 aromatic carbocycles. The average molecular weight is 438 g/mol. The molecule has 0 spiro atoms. The topological polar surface area (TPSA) is 26.0 Å². The second kappa shape index (κ2) is 23.1. The molecule has 0 unspecified atom stereocenters. The molecule has 0 aliphatic heterocycles. The molecule has 0 radical (unpaired) electrons. The molecule has 0 fully saturated rings. The zero-order valence-electron chi connectivity index (χ0n) is 22.6. The molecule has 1 nitrogen and oxygen atoms in total. The molecule has 0 aliphatic carbocycles. The number of nitrogens with two attached hydrogens (primary N) is 1. The summed E-state index contributed by atoms with van der Waals surface area (Å²) >= 11 is 0. The van der Waals surface area contributed by atoms with Crippen LogP contribution in [0.5, 0.6) is 0 Å². The number of hydrogen-bond acceptors (Lipinski definition) is 1. The predicted octanol–water partition coefficient (Wildman–Crippen LogP) is 9.82. The van der Waals surface area contributed by atoms with Gasteiger partial charge < -0.3 is 5.73 Å². The molecule has 180 valence electrons. The summed E-state index contributed by atoms with van der Waals surface area (Å²) in [5.74, 6) is 0. The number of benzene rings is 1. The number of hydrogen-bond donors (Lipinski definition) is 1. The highest BCUT2D eigenvalue weighted by Crippen LogP contribution is 2.12. The van der Waals surface area contributed by atoms with Gasteiger partial charge in [0.05, 0.1) is 0 Å². The molecule has 0 bridgehead atoms. The van der Waals surface area contributed by atoms with Crippen LogP contribution in [0.4, 0.5) is 0 Å². The van der Waals surface area contributed by atoms with E-state index in [9.17, 15) is 0 Å². The van der Waals surface area contributed by atoms with Crippen LogP contribution in [0.1, 0.15) is 85.8 Å². The third kappa shape index (κ3) is 25.5. The zero-order chi connectivity index (χ0) is 25.5. The van der Waals surface area contributed by atoms with E-state index in [-0.39, 0.29) is 0 Å². The summed E-state index contributed by atoms with van der Waals surface area (Å²) in [5.41, 5.74) is 13.5. The van der Waals surface area contributed by atoms with Crippen molar-refractivity contribution < 1.29 is 0 Å². The minimum absolute atomic E-state index is 0.593. The molecule has 1 heteroatoms. The van der Waals surface area contributed by atoms with Gasteiger partial charge in [-0.05, 0) is 71.9 Å². The maximum Gasteiger partial charge on any atom is 0.0314 e. The molecule has 0 amide bonds. The molecule has 0 saturated carbocycles. The highest BCUT2D eigenvalue weighted by atomic mass is 14.6. The Bertz CT molecular complexity index is 720. The van der Waals surface area contributed by atoms with Crippen LogP contribution in [-0.4, -0.2) is 0 Å². The molecule has 0 saturated heterocycles. The summed E-state index contributed by atoms with van der Waals surface area (Å²) in [6.45, 7) is 29.8. The van der Waals surface area contributed by atoms with E-state index in [1.165, 1.54) is 35.1 Å². The van der Waals surface area contributed by atoms with Gasteiger partial charge in [0.25, 0.3) is 0 Å². The van der Waals surface area contributed by atoms with Crippen molar-refractivity contribution in [3.8, 4) is 0 Å². The van der Waals surface area contributed by atoms with Gasteiger partial charge in [0.15, 0.2) is 0 Å². The Morgan fingerprint density at radius 3 is 1.59 bits per heavy atom. The van der Waals surface area contributed by atoms with E-state index in [0.29, 0.717) is 5.70 Å². The molecule has 1 rings (SSSR count). The van der Waals surface area contributed by atoms with Crippen LogP contribution in [0.3, 0.4) is 0 Å². The van der Waals surface area contributed by atoms with Crippen LogP contribution in [0.2, 0.25) is 0 Å². The molecule has 32 heavy (non-hydrogen) atoms. The molecular weight excluding hydrogens is 386 g/mol. The van der Waals surface area contributed by atoms with Gasteiger partial charge in [-0.3, -0.25) is 0 Å². The van der Waals surface area contributed by atoms with E-state index in [1.54, 1.807) is 0 Å². The Morgan fingerprint density at radius 2 is 1.31 bits per heavy atom. The maximum absolute atomic E-state index is 5.64. The van der Waals surface area contributed by atoms with Crippen molar-refractivity contribution in [1.82, 2.24) is 0 Å². The molecule has 2 N–H and O–H groups in total. The highest BCUT2D eigenvalue weighted by molar-refractivity contribution is 5.41. The van der Waals surface area contributed by atoms with Crippen molar-refractivity contribution in [2.75, 3.05) is 0 Å². The SMILES string of the molecule is C/C=C\C.C=C(C)/C=C(\C=C(/C)CC)C(=C)N.C=C(C)CC.CCCc1ccc(C)cc1. The lowest BCUT2D eigenvalue weighted by molar-refractivity contribution is 0.921. The Balaban J connectivity index is -0.000000389. The molecule has 0 heterocycles. The van der Waals surface area contributed by atoms with Gasteiger partial charge in [0.2, 0.25) is 0 Å². The molecular formula is C31H51N. The van der Waals surface area contributed by atoms with Gasteiger partial charge in [0.1, 0.15) is 0 Å². The predicted molar refractivity (Wildman–Crippen MR) is 151 cm³/mol. The van der Waals surface area contributed by atoms with Crippen LogP contribution in [0, 0.1) is 6.92 Å². The van der Waals surface area contributed by atoms with E-state index in [0.717, 1.165) is 24.0 Å². The summed E-state index contributed by atoms with van der Waals surface area (Å²) in [6.07, 6.45) is 12.6. The van der Waals surface area contributed by atoms with Crippen LogP contribution in [0.25, 0.3) is 0 Å². The van der Waals surface area contributed by atoms with Gasteiger partial charge >= 0.3 is 0 Å². The van der Waals surface area contributed by atoms with Gasteiger partial charge in [-0.1, -0.05) is 111 Å². The van der Waals surface area contributed by atoms with Crippen molar-refractivity contribution in [3.05, 3.63) is 107 Å². The summed E-state index contributed by atoms with van der Waals surface area (Å²) in [5, 5.41) is 0. The second-order valence-electron chi connectivity index (χ2n) is 8.03. The molecule has 1 aromatic rings. The van der Waals surface area contributed by atoms with Crippen molar-refractivity contribution in [3.63, 3.8) is 0 Å². The van der Waals surface area contributed by atoms with Crippen molar-refractivity contribution in [1.29, 1.82) is 0 Å². The van der Waals surface area contributed by atoms with Crippen molar-refractivity contribution in [2.24, 2.45) is 5.73 Å². The number of rotatable bonds is 7. The molecule has 0 aliphatic rings. The fraction of sp³-hybridized carbons (Fsp3) is 0.419. The highest BCUT2D eigenvalue weighted by Gasteiger charge is 1.95. The van der Waals surface area contributed by atoms with Crippen LogP contribution >= 0.6 is 0 Å². The van der Waals surface area contributed by atoms with Crippen LogP contribution in [0.15, 0.2) is 96.3 Å². The lowest BCUT2D eigenvalue weighted by Crippen LogP contribution is -1.97. The Labute approximate surface area is 201 Å². The second-order valence-corrected chi connectivity index (χ2v) is 8.03. The first-order chi connectivity index (χ1) is 15.0. The van der Waals surface area contributed by atoms with Gasteiger partial charge in [-0.25, -0.2) is 0 Å². The first-order valence-corrected chi connectivity index (χ1v) is 11.7. The largest absolute Gasteiger partial charge is 0.399 e. The van der Waals surface area contributed by atoms with Crippen LogP contribution in [-0.2, 0) is 6.42 Å². The summed E-state index contributed by atoms with van der Waals surface area (Å²) < 4.78 is 0. The monoisotopic (exact) mass is 437 g/mol. The Kier molecular flexibility index (Phi) is 24.6. The van der Waals surface area contributed by atoms with E-state index in [4.69, 9.17) is 5.73 Å². The summed E-state index contributed by atoms with van der Waals surface area (Å²) in [7, 11) is 0. The average Bonchev–Trinajstić information content (AvgIpc) is 2.75. The fourth-order valence-corrected chi connectivity index (χ4v) is 1.90. The maximum atomic E-state index is 5.64. The number of allylic oxidation sites excluding steroid dienone is 7. The smallest absolute Gasteiger partial charge is 0.0314 e. The fourth-order valence-electron chi connectivity index (χ4n) is 1.90. The van der Waals surface area contributed by atoms with Crippen molar-refractivity contribution in [2.45, 2.75) is 88.0 Å². The summed E-state index contributed by atoms with van der Waals surface area (Å²) in [4.78, 5) is 0. The first kappa shape index (κ1) is 34.1. The third-order valence-electron chi connectivity index (χ3n) is 4.33. The van der Waals surface area contributed by atoms with E-state index < -0.39 is 0 Å². The van der Waals surface area contributed by atoms with E-state index in [2.05, 4.69) is 84.7 Å². The third-order valence-corrected chi connectivity index (χ3v) is 4.33.